The fraction of sp³-hybridized carbons (Fsp3) is 0.625. The maximum atomic E-state index is 10.2. The van der Waals surface area contributed by atoms with Gasteiger partial charge in [-0.05, 0) is 43.9 Å². The molecule has 1 heterocycles. The van der Waals surface area contributed by atoms with Crippen molar-refractivity contribution in [3.05, 3.63) is 47.8 Å². The molecule has 0 aliphatic heterocycles. The van der Waals surface area contributed by atoms with E-state index in [1.807, 2.05) is 24.3 Å². The zero-order valence-electron chi connectivity index (χ0n) is 17.3. The maximum Gasteiger partial charge on any atom is 0.0759 e. The van der Waals surface area contributed by atoms with E-state index in [2.05, 4.69) is 31.0 Å². The van der Waals surface area contributed by atoms with E-state index in [-0.39, 0.29) is 6.10 Å². The Morgan fingerprint density at radius 2 is 1.74 bits per heavy atom. The van der Waals surface area contributed by atoms with Gasteiger partial charge >= 0.3 is 0 Å². The van der Waals surface area contributed by atoms with Crippen LogP contribution in [0.4, 0.5) is 0 Å². The molecule has 2 N–H and O–H groups in total. The molecule has 0 fully saturated rings. The van der Waals surface area contributed by atoms with Crippen molar-refractivity contribution in [2.75, 3.05) is 0 Å². The minimum atomic E-state index is -0.484. The number of nitrogens with zero attached hydrogens (tertiary/aromatic N) is 1. The lowest BCUT2D eigenvalue weighted by Gasteiger charge is -2.10. The van der Waals surface area contributed by atoms with Crippen molar-refractivity contribution in [3.8, 4) is 0 Å². The van der Waals surface area contributed by atoms with Crippen LogP contribution in [0, 0.1) is 0 Å². The van der Waals surface area contributed by atoms with Gasteiger partial charge in [-0.3, -0.25) is 4.98 Å². The van der Waals surface area contributed by atoms with Gasteiger partial charge in [0.25, 0.3) is 0 Å². The largest absolute Gasteiger partial charge is 0.393 e. The van der Waals surface area contributed by atoms with Crippen molar-refractivity contribution in [2.45, 2.75) is 96.7 Å². The van der Waals surface area contributed by atoms with Gasteiger partial charge in [0.15, 0.2) is 0 Å². The summed E-state index contributed by atoms with van der Waals surface area (Å²) in [4.78, 5) is 4.58. The van der Waals surface area contributed by atoms with Crippen LogP contribution in [-0.4, -0.2) is 27.4 Å². The third kappa shape index (κ3) is 12.5. The Morgan fingerprint density at radius 3 is 2.52 bits per heavy atom. The van der Waals surface area contributed by atoms with E-state index in [0.717, 1.165) is 30.7 Å². The first-order valence-electron chi connectivity index (χ1n) is 10.8. The van der Waals surface area contributed by atoms with E-state index in [0.29, 0.717) is 12.8 Å². The molecule has 0 amide bonds. The Hall–Kier alpha value is -1.45. The van der Waals surface area contributed by atoms with Gasteiger partial charge in [0.1, 0.15) is 0 Å². The zero-order chi connectivity index (χ0) is 19.7. The first-order valence-corrected chi connectivity index (χ1v) is 10.8. The van der Waals surface area contributed by atoms with Gasteiger partial charge in [-0.1, -0.05) is 76.7 Å². The Kier molecular flexibility index (Phi) is 13.6. The molecule has 3 nitrogen and oxygen atoms in total. The fourth-order valence-electron chi connectivity index (χ4n) is 3.01. The van der Waals surface area contributed by atoms with E-state index in [4.69, 9.17) is 0 Å². The van der Waals surface area contributed by atoms with E-state index >= 15 is 0 Å². The van der Waals surface area contributed by atoms with E-state index in [9.17, 15) is 10.2 Å². The van der Waals surface area contributed by atoms with Crippen molar-refractivity contribution in [2.24, 2.45) is 0 Å². The average Bonchev–Trinajstić information content (AvgIpc) is 2.66. The molecule has 0 spiro atoms. The van der Waals surface area contributed by atoms with Crippen LogP contribution in [0.25, 0.3) is 6.08 Å². The highest BCUT2D eigenvalue weighted by Crippen LogP contribution is 2.11. The number of unbranched alkanes of at least 4 members (excludes halogenated alkanes) is 6. The van der Waals surface area contributed by atoms with Crippen LogP contribution in [0.15, 0.2) is 36.4 Å². The van der Waals surface area contributed by atoms with Crippen LogP contribution in [0.1, 0.15) is 89.4 Å². The number of rotatable bonds is 15. The second-order valence-electron chi connectivity index (χ2n) is 7.39. The molecule has 0 aromatic carbocycles. The van der Waals surface area contributed by atoms with Crippen LogP contribution in [0.5, 0.6) is 0 Å². The predicted octanol–water partition coefficient (Wildman–Crippen LogP) is 5.86. The van der Waals surface area contributed by atoms with Crippen molar-refractivity contribution >= 4 is 6.08 Å². The van der Waals surface area contributed by atoms with Gasteiger partial charge in [-0.15, -0.1) is 0 Å². The number of hydrogen-bond acceptors (Lipinski definition) is 3. The minimum absolute atomic E-state index is 0.322. The summed E-state index contributed by atoms with van der Waals surface area (Å²) in [5, 5.41) is 20.2. The predicted molar refractivity (Wildman–Crippen MR) is 116 cm³/mol. The van der Waals surface area contributed by atoms with Gasteiger partial charge < -0.3 is 10.2 Å². The number of aliphatic hydroxyl groups is 2. The Bertz CT molecular complexity index is 539. The Balaban J connectivity index is 2.38. The molecule has 0 bridgehead atoms. The van der Waals surface area contributed by atoms with E-state index < -0.39 is 6.10 Å². The number of allylic oxidation sites excluding steroid dienone is 1. The molecule has 0 saturated heterocycles. The second kappa shape index (κ2) is 15.6. The molecule has 0 aliphatic carbocycles. The Labute approximate surface area is 166 Å². The summed E-state index contributed by atoms with van der Waals surface area (Å²) in [6.45, 7) is 4.40. The number of pyridine rings is 1. The van der Waals surface area contributed by atoms with Crippen LogP contribution < -0.4 is 0 Å². The van der Waals surface area contributed by atoms with Crippen molar-refractivity contribution in [3.63, 3.8) is 0 Å². The van der Waals surface area contributed by atoms with Crippen molar-refractivity contribution in [1.29, 1.82) is 0 Å². The lowest BCUT2D eigenvalue weighted by molar-refractivity contribution is 0.160. The smallest absolute Gasteiger partial charge is 0.0759 e. The lowest BCUT2D eigenvalue weighted by Crippen LogP contribution is -2.11. The topological polar surface area (TPSA) is 53.4 Å². The van der Waals surface area contributed by atoms with Gasteiger partial charge in [-0.25, -0.2) is 0 Å². The quantitative estimate of drug-likeness (QED) is 0.299. The maximum absolute atomic E-state index is 10.2. The third-order valence-corrected chi connectivity index (χ3v) is 4.67. The highest BCUT2D eigenvalue weighted by atomic mass is 16.3. The summed E-state index contributed by atoms with van der Waals surface area (Å²) < 4.78 is 0. The summed E-state index contributed by atoms with van der Waals surface area (Å²) in [5.41, 5.74) is 1.74. The molecule has 3 heteroatoms. The molecule has 2 unspecified atom stereocenters. The number of aliphatic hydroxyl groups excluding tert-OH is 2. The molecule has 152 valence electrons. The fourth-order valence-corrected chi connectivity index (χ4v) is 3.01. The van der Waals surface area contributed by atoms with Gasteiger partial charge in [0.2, 0.25) is 0 Å². The molecule has 1 rings (SSSR count). The summed E-state index contributed by atoms with van der Waals surface area (Å²) >= 11 is 0. The summed E-state index contributed by atoms with van der Waals surface area (Å²) in [7, 11) is 0. The Morgan fingerprint density at radius 1 is 0.963 bits per heavy atom. The van der Waals surface area contributed by atoms with Gasteiger partial charge in [0.05, 0.1) is 17.9 Å². The molecule has 27 heavy (non-hydrogen) atoms. The van der Waals surface area contributed by atoms with Crippen molar-refractivity contribution in [1.82, 2.24) is 4.98 Å². The molecular formula is C24H39NO2. The van der Waals surface area contributed by atoms with Crippen molar-refractivity contribution < 1.29 is 10.2 Å². The van der Waals surface area contributed by atoms with Gasteiger partial charge in [0, 0.05) is 12.1 Å². The molecule has 0 saturated carbocycles. The van der Waals surface area contributed by atoms with Crippen LogP contribution in [0.3, 0.4) is 0 Å². The molecule has 2 atom stereocenters. The molecule has 1 aromatic heterocycles. The van der Waals surface area contributed by atoms with E-state index in [1.165, 1.54) is 38.5 Å². The van der Waals surface area contributed by atoms with Gasteiger partial charge in [-0.2, -0.15) is 0 Å². The van der Waals surface area contributed by atoms with E-state index in [1.54, 1.807) is 6.08 Å². The monoisotopic (exact) mass is 373 g/mol. The molecule has 0 radical (unpaired) electrons. The number of aromatic nitrogens is 1. The number of hydrogen-bond donors (Lipinski definition) is 2. The first-order chi connectivity index (χ1) is 13.2. The third-order valence-electron chi connectivity index (χ3n) is 4.67. The highest BCUT2D eigenvalue weighted by Gasteiger charge is 2.07. The summed E-state index contributed by atoms with van der Waals surface area (Å²) in [5.74, 6) is 0. The van der Waals surface area contributed by atoms with Crippen LogP contribution in [0.2, 0.25) is 0 Å². The average molecular weight is 374 g/mol. The lowest BCUT2D eigenvalue weighted by atomic mass is 10.0. The summed E-state index contributed by atoms with van der Waals surface area (Å²) in [6, 6.07) is 5.86. The standard InChI is InChI=1S/C24H39NO2/c1-3-5-7-9-10-12-16-23(26)19-18-21-14-13-15-22(25-21)20-24(27)17-11-8-6-4-2/h10,12-15,18-19,23-24,26-27H,3-9,11,16-17,20H2,1-2H3/b12-10-,19-18+. The highest BCUT2D eigenvalue weighted by molar-refractivity contribution is 5.45. The molecule has 1 aromatic rings. The SMILES string of the molecule is CCCCC/C=C\CC(O)/C=C/c1cccc(CC(O)CCCCCC)n1. The molecule has 0 aliphatic rings. The normalized spacial score (nSPS) is 14.2. The van der Waals surface area contributed by atoms with Crippen LogP contribution in [-0.2, 0) is 6.42 Å². The second-order valence-corrected chi connectivity index (χ2v) is 7.39. The van der Waals surface area contributed by atoms with Crippen LogP contribution >= 0.6 is 0 Å². The summed E-state index contributed by atoms with van der Waals surface area (Å²) in [6.07, 6.45) is 18.7. The zero-order valence-corrected chi connectivity index (χ0v) is 17.3. The minimum Gasteiger partial charge on any atom is -0.393 e. The first kappa shape index (κ1) is 23.6. The molecular weight excluding hydrogens is 334 g/mol.